The summed E-state index contributed by atoms with van der Waals surface area (Å²) in [5.41, 5.74) is 4.64. The minimum absolute atomic E-state index is 0.196. The molecule has 8 heteroatoms. The number of primary amides is 1. The Kier molecular flexibility index (Phi) is 9.97. The first-order valence-corrected chi connectivity index (χ1v) is 8.36. The number of hydrogen-bond donors (Lipinski definition) is 1. The molecule has 2 unspecified atom stereocenters. The van der Waals surface area contributed by atoms with Gasteiger partial charge in [0.2, 0.25) is 0 Å². The molecule has 0 aromatic heterocycles. The standard InChI is InChI=1S/C14H25BN2O4S/c1-10(12(16)18)8-22-6-5-11(7-17-9-15-20)13(19)21-14(2,3)4/h9-11H,5-8H2,1-4H3,(H2,16,18). The van der Waals surface area contributed by atoms with Crippen molar-refractivity contribution in [2.75, 3.05) is 18.1 Å². The average Bonchev–Trinajstić information content (AvgIpc) is 2.39. The second-order valence-electron chi connectivity index (χ2n) is 6.05. The van der Waals surface area contributed by atoms with Gasteiger partial charge in [-0.15, -0.1) is 0 Å². The van der Waals surface area contributed by atoms with Crippen LogP contribution >= 0.6 is 11.8 Å². The third-order valence-corrected chi connectivity index (χ3v) is 3.96. The zero-order valence-corrected chi connectivity index (χ0v) is 14.5. The quantitative estimate of drug-likeness (QED) is 0.282. The topological polar surface area (TPSA) is 98.8 Å². The van der Waals surface area contributed by atoms with Gasteiger partial charge in [0.25, 0.3) is 0 Å². The van der Waals surface area contributed by atoms with Gasteiger partial charge in [0.15, 0.2) is 0 Å². The van der Waals surface area contributed by atoms with E-state index in [-0.39, 0.29) is 24.3 Å². The third-order valence-electron chi connectivity index (χ3n) is 2.70. The number of carbonyl (C=O) groups excluding carboxylic acids is 2. The van der Waals surface area contributed by atoms with Crippen LogP contribution in [0, 0.1) is 11.8 Å². The van der Waals surface area contributed by atoms with Crippen molar-refractivity contribution in [3.05, 3.63) is 0 Å². The van der Waals surface area contributed by atoms with Crippen LogP contribution in [0.4, 0.5) is 0 Å². The molecule has 0 rings (SSSR count). The van der Waals surface area contributed by atoms with Gasteiger partial charge in [0.1, 0.15) is 0 Å². The molecular formula is C14H25BN2O4S. The fourth-order valence-corrected chi connectivity index (χ4v) is 2.60. The molecule has 0 fully saturated rings. The van der Waals surface area contributed by atoms with Crippen LogP contribution in [0.5, 0.6) is 0 Å². The Morgan fingerprint density at radius 2 is 2.05 bits per heavy atom. The summed E-state index contributed by atoms with van der Waals surface area (Å²) in [6, 6.07) is 0. The van der Waals surface area contributed by atoms with Gasteiger partial charge in [-0.25, -0.2) is 0 Å². The van der Waals surface area contributed by atoms with Gasteiger partial charge >= 0.3 is 136 Å². The van der Waals surface area contributed by atoms with E-state index in [0.717, 1.165) is 6.11 Å². The summed E-state index contributed by atoms with van der Waals surface area (Å²) < 4.78 is 15.6. The van der Waals surface area contributed by atoms with Gasteiger partial charge in [0, 0.05) is 0 Å². The van der Waals surface area contributed by atoms with Crippen molar-refractivity contribution >= 4 is 36.9 Å². The molecule has 0 heterocycles. The van der Waals surface area contributed by atoms with E-state index in [1.165, 1.54) is 0 Å². The normalized spacial score (nSPS) is 14.4. The van der Waals surface area contributed by atoms with Crippen LogP contribution in [0.25, 0.3) is 0 Å². The number of esters is 1. The number of amides is 1. The molecule has 0 aromatic carbocycles. The van der Waals surface area contributed by atoms with Gasteiger partial charge in [-0.3, -0.25) is 0 Å². The average molecular weight is 328 g/mol. The van der Waals surface area contributed by atoms with Crippen LogP contribution in [-0.2, 0) is 19.0 Å². The molecule has 0 bridgehead atoms. The number of nitrogens with two attached hydrogens (primary N) is 1. The summed E-state index contributed by atoms with van der Waals surface area (Å²) in [6.07, 6.45) is 1.71. The van der Waals surface area contributed by atoms with Crippen molar-refractivity contribution in [2.45, 2.75) is 39.7 Å². The van der Waals surface area contributed by atoms with Crippen molar-refractivity contribution in [3.8, 4) is 0 Å². The van der Waals surface area contributed by atoms with E-state index in [4.69, 9.17) is 10.5 Å². The summed E-state index contributed by atoms with van der Waals surface area (Å²) in [4.78, 5) is 27.0. The first-order valence-electron chi connectivity index (χ1n) is 7.21. The van der Waals surface area contributed by atoms with Crippen LogP contribution in [0.3, 0.4) is 0 Å². The minimum atomic E-state index is -0.558. The molecule has 0 radical (unpaired) electrons. The van der Waals surface area contributed by atoms with Crippen molar-refractivity contribution in [1.29, 1.82) is 0 Å². The Hall–Kier alpha value is -1.18. The zero-order chi connectivity index (χ0) is 17.2. The van der Waals surface area contributed by atoms with E-state index in [1.807, 2.05) is 0 Å². The molecule has 22 heavy (non-hydrogen) atoms. The van der Waals surface area contributed by atoms with Gasteiger partial charge in [-0.1, -0.05) is 0 Å². The van der Waals surface area contributed by atoms with E-state index in [2.05, 4.69) is 4.99 Å². The number of rotatable bonds is 10. The summed E-state index contributed by atoms with van der Waals surface area (Å²) in [7, 11) is 0.579. The predicted molar refractivity (Wildman–Crippen MR) is 89.4 cm³/mol. The molecular weight excluding hydrogens is 303 g/mol. The molecule has 0 saturated heterocycles. The fourth-order valence-electron chi connectivity index (χ4n) is 1.47. The van der Waals surface area contributed by atoms with Gasteiger partial charge in [-0.2, -0.15) is 0 Å². The second-order valence-corrected chi connectivity index (χ2v) is 7.20. The number of carbonyl (C=O) groups is 2. The van der Waals surface area contributed by atoms with Crippen molar-refractivity contribution < 1.29 is 19.0 Å². The fraction of sp³-hybridized carbons (Fsp3) is 0.786. The molecule has 0 saturated carbocycles. The third kappa shape index (κ3) is 10.5. The van der Waals surface area contributed by atoms with Crippen molar-refractivity contribution in [2.24, 2.45) is 22.6 Å². The Balaban J connectivity index is 4.41. The number of hydrogen-bond acceptors (Lipinski definition) is 6. The zero-order valence-electron chi connectivity index (χ0n) is 13.7. The summed E-state index contributed by atoms with van der Waals surface area (Å²) in [5.74, 6) is 0.0716. The van der Waals surface area contributed by atoms with Gasteiger partial charge < -0.3 is 0 Å². The number of aliphatic imine (C=N–C) groups is 1. The molecule has 1 amide bonds. The molecule has 0 aliphatic heterocycles. The van der Waals surface area contributed by atoms with Crippen molar-refractivity contribution in [3.63, 3.8) is 0 Å². The molecule has 6 nitrogen and oxygen atoms in total. The Labute approximate surface area is 136 Å². The van der Waals surface area contributed by atoms with Crippen LogP contribution in [0.15, 0.2) is 4.99 Å². The number of nitrogens with zero attached hydrogens (tertiary/aromatic N) is 1. The van der Waals surface area contributed by atoms with E-state index in [0.29, 0.717) is 25.1 Å². The molecule has 0 spiro atoms. The maximum absolute atomic E-state index is 12.1. The van der Waals surface area contributed by atoms with Gasteiger partial charge in [0.05, 0.1) is 0 Å². The van der Waals surface area contributed by atoms with E-state index in [1.54, 1.807) is 39.5 Å². The van der Waals surface area contributed by atoms with Gasteiger partial charge in [-0.05, 0) is 0 Å². The Bertz CT molecular complexity index is 410. The monoisotopic (exact) mass is 328 g/mol. The Morgan fingerprint density at radius 3 is 2.55 bits per heavy atom. The van der Waals surface area contributed by atoms with Crippen LogP contribution in [0.1, 0.15) is 34.1 Å². The first kappa shape index (κ1) is 20.8. The number of thioether (sulfide) groups is 1. The van der Waals surface area contributed by atoms with E-state index < -0.39 is 11.5 Å². The number of ether oxygens (including phenoxy) is 1. The second kappa shape index (κ2) is 10.5. The first-order chi connectivity index (χ1) is 10.2. The predicted octanol–water partition coefficient (Wildman–Crippen LogP) is 1.27. The molecule has 2 N–H and O–H groups in total. The summed E-state index contributed by atoms with van der Waals surface area (Å²) in [6.45, 7) is 7.41. The van der Waals surface area contributed by atoms with Crippen LogP contribution < -0.4 is 5.73 Å². The van der Waals surface area contributed by atoms with E-state index in [9.17, 15) is 14.3 Å². The summed E-state index contributed by atoms with van der Waals surface area (Å²) >= 11 is 1.56. The van der Waals surface area contributed by atoms with Crippen LogP contribution in [0.2, 0.25) is 0 Å². The molecule has 2 atom stereocenters. The SMILES string of the molecule is CC(CSCCC(CN=CB=O)C(=O)OC(C)(C)C)C(N)=O. The summed E-state index contributed by atoms with van der Waals surface area (Å²) in [5, 5.41) is 0. The molecule has 0 aliphatic carbocycles. The molecule has 0 aromatic rings. The van der Waals surface area contributed by atoms with Crippen LogP contribution in [-0.4, -0.2) is 48.8 Å². The Morgan fingerprint density at radius 1 is 1.41 bits per heavy atom. The molecule has 0 aliphatic rings. The van der Waals surface area contributed by atoms with E-state index >= 15 is 0 Å². The molecule has 124 valence electrons. The maximum atomic E-state index is 12.1. The van der Waals surface area contributed by atoms with Crippen molar-refractivity contribution in [1.82, 2.24) is 0 Å².